The van der Waals surface area contributed by atoms with E-state index in [9.17, 15) is 14.7 Å². The lowest BCUT2D eigenvalue weighted by Crippen LogP contribution is -2.26. The highest BCUT2D eigenvalue weighted by Gasteiger charge is 2.23. The number of hydrogen-bond donors (Lipinski definition) is 0. The Bertz CT molecular complexity index is 590. The normalized spacial score (nSPS) is 12.0. The SMILES string of the molecule is CCCCCCCCCCCCCCCCCCCC(=O)OC(CCCCCCCCCCCCCCCCCC)C([O])=O. The van der Waals surface area contributed by atoms with E-state index in [1.165, 1.54) is 173 Å². The van der Waals surface area contributed by atoms with Crippen LogP contribution in [0.3, 0.4) is 0 Å². The molecule has 0 saturated carbocycles. The highest BCUT2D eigenvalue weighted by atomic mass is 16.6. The Morgan fingerprint density at radius 1 is 0.386 bits per heavy atom. The molecule has 1 radical (unpaired) electrons. The topological polar surface area (TPSA) is 63.3 Å². The Morgan fingerprint density at radius 2 is 0.636 bits per heavy atom. The van der Waals surface area contributed by atoms with E-state index in [0.29, 0.717) is 12.8 Å². The minimum atomic E-state index is -1.25. The monoisotopic (exact) mass is 622 g/mol. The summed E-state index contributed by atoms with van der Waals surface area (Å²) >= 11 is 0. The summed E-state index contributed by atoms with van der Waals surface area (Å²) in [5.74, 6) is -1.63. The standard InChI is InChI=1S/C40H77O4/c1-3-5-7-9-11-13-15-17-19-21-23-25-27-29-31-33-35-37-39(41)44-38(40(42)43)36-34-32-30-28-26-24-22-20-18-16-14-12-10-8-6-4-2/h38H,3-37H2,1-2H3. The van der Waals surface area contributed by atoms with Gasteiger partial charge in [-0.05, 0) is 19.3 Å². The van der Waals surface area contributed by atoms with Crippen molar-refractivity contribution in [3.63, 3.8) is 0 Å². The number of unbranched alkanes of at least 4 members (excludes halogenated alkanes) is 31. The molecular formula is C40H77O4. The second-order valence-electron chi connectivity index (χ2n) is 13.8. The Balaban J connectivity index is 3.49. The lowest BCUT2D eigenvalue weighted by atomic mass is 10.0. The highest BCUT2D eigenvalue weighted by Crippen LogP contribution is 2.17. The van der Waals surface area contributed by atoms with Crippen molar-refractivity contribution in [3.8, 4) is 0 Å². The zero-order valence-corrected chi connectivity index (χ0v) is 30.0. The molecule has 0 aliphatic heterocycles. The molecule has 0 amide bonds. The van der Waals surface area contributed by atoms with Crippen molar-refractivity contribution < 1.29 is 19.4 Å². The highest BCUT2D eigenvalue weighted by molar-refractivity contribution is 5.77. The van der Waals surface area contributed by atoms with Crippen LogP contribution in [0.5, 0.6) is 0 Å². The van der Waals surface area contributed by atoms with E-state index in [2.05, 4.69) is 13.8 Å². The largest absolute Gasteiger partial charge is 0.450 e. The molecule has 0 aliphatic carbocycles. The van der Waals surface area contributed by atoms with Crippen LogP contribution in [0.25, 0.3) is 0 Å². The number of hydrogen-bond acceptors (Lipinski definition) is 3. The summed E-state index contributed by atoms with van der Waals surface area (Å²) < 4.78 is 5.26. The molecule has 4 nitrogen and oxygen atoms in total. The summed E-state index contributed by atoms with van der Waals surface area (Å²) in [7, 11) is 0. The van der Waals surface area contributed by atoms with Crippen molar-refractivity contribution in [2.24, 2.45) is 0 Å². The second kappa shape index (κ2) is 36.4. The lowest BCUT2D eigenvalue weighted by molar-refractivity contribution is -0.168. The second-order valence-corrected chi connectivity index (χ2v) is 13.8. The summed E-state index contributed by atoms with van der Waals surface area (Å²) in [5.41, 5.74) is 0. The number of rotatable bonds is 37. The van der Waals surface area contributed by atoms with Gasteiger partial charge in [0.2, 0.25) is 6.10 Å². The zero-order chi connectivity index (χ0) is 32.2. The van der Waals surface area contributed by atoms with Gasteiger partial charge >= 0.3 is 11.9 Å². The molecule has 0 aromatic carbocycles. The molecule has 44 heavy (non-hydrogen) atoms. The first-order valence-electron chi connectivity index (χ1n) is 20.0. The molecule has 0 aromatic heterocycles. The quantitative estimate of drug-likeness (QED) is 0.0512. The van der Waals surface area contributed by atoms with E-state index in [4.69, 9.17) is 4.74 Å². The van der Waals surface area contributed by atoms with Gasteiger partial charge in [-0.1, -0.05) is 213 Å². The van der Waals surface area contributed by atoms with Crippen LogP contribution < -0.4 is 0 Å². The third-order valence-corrected chi connectivity index (χ3v) is 9.34. The lowest BCUT2D eigenvalue weighted by Gasteiger charge is -2.12. The van der Waals surface area contributed by atoms with E-state index in [1.807, 2.05) is 0 Å². The molecule has 0 fully saturated rings. The van der Waals surface area contributed by atoms with Crippen LogP contribution in [0.1, 0.15) is 239 Å². The molecule has 4 heteroatoms. The summed E-state index contributed by atoms with van der Waals surface area (Å²) in [5, 5.41) is 11.5. The molecule has 0 spiro atoms. The maximum Gasteiger partial charge on any atom is 0.395 e. The fourth-order valence-corrected chi connectivity index (χ4v) is 6.31. The molecule has 0 rings (SSSR count). The van der Waals surface area contributed by atoms with Gasteiger partial charge in [0.25, 0.3) is 0 Å². The van der Waals surface area contributed by atoms with Crippen LogP contribution in [0.4, 0.5) is 0 Å². The molecule has 0 aromatic rings. The zero-order valence-electron chi connectivity index (χ0n) is 30.0. The van der Waals surface area contributed by atoms with Gasteiger partial charge in [0.1, 0.15) is 0 Å². The van der Waals surface area contributed by atoms with Gasteiger partial charge in [0.15, 0.2) is 0 Å². The summed E-state index contributed by atoms with van der Waals surface area (Å²) in [4.78, 5) is 23.6. The number of esters is 1. The van der Waals surface area contributed by atoms with Gasteiger partial charge < -0.3 is 4.74 Å². The Morgan fingerprint density at radius 3 is 0.909 bits per heavy atom. The third kappa shape index (κ3) is 33.8. The molecule has 261 valence electrons. The van der Waals surface area contributed by atoms with Crippen LogP contribution in [0, 0.1) is 0 Å². The van der Waals surface area contributed by atoms with Crippen LogP contribution in [0.15, 0.2) is 0 Å². The van der Waals surface area contributed by atoms with E-state index in [0.717, 1.165) is 38.5 Å². The predicted molar refractivity (Wildman–Crippen MR) is 189 cm³/mol. The smallest absolute Gasteiger partial charge is 0.395 e. The summed E-state index contributed by atoms with van der Waals surface area (Å²) in [6.07, 6.45) is 42.4. The van der Waals surface area contributed by atoms with Crippen molar-refractivity contribution in [1.82, 2.24) is 0 Å². The van der Waals surface area contributed by atoms with Gasteiger partial charge in [-0.25, -0.2) is 9.90 Å². The van der Waals surface area contributed by atoms with Crippen molar-refractivity contribution in [2.45, 2.75) is 245 Å². The van der Waals surface area contributed by atoms with Gasteiger partial charge in [-0.3, -0.25) is 4.79 Å². The van der Waals surface area contributed by atoms with Crippen molar-refractivity contribution >= 4 is 11.9 Å². The molecule has 0 aliphatic rings. The van der Waals surface area contributed by atoms with Gasteiger partial charge in [-0.15, -0.1) is 0 Å². The van der Waals surface area contributed by atoms with Gasteiger partial charge in [0, 0.05) is 6.42 Å². The van der Waals surface area contributed by atoms with E-state index in [-0.39, 0.29) is 5.97 Å². The molecule has 1 unspecified atom stereocenters. The van der Waals surface area contributed by atoms with Crippen molar-refractivity contribution in [1.29, 1.82) is 0 Å². The molecule has 0 N–H and O–H groups in total. The Labute approximate surface area is 275 Å². The predicted octanol–water partition coefficient (Wildman–Crippen LogP) is 13.5. The molecular weight excluding hydrogens is 544 g/mol. The molecule has 0 saturated heterocycles. The number of carbonyl (C=O) groups is 2. The Hall–Kier alpha value is -1.06. The Kier molecular flexibility index (Phi) is 35.5. The first-order chi connectivity index (χ1) is 21.6. The van der Waals surface area contributed by atoms with Gasteiger partial charge in [0.05, 0.1) is 0 Å². The van der Waals surface area contributed by atoms with E-state index < -0.39 is 12.1 Å². The van der Waals surface area contributed by atoms with Crippen molar-refractivity contribution in [2.75, 3.05) is 0 Å². The van der Waals surface area contributed by atoms with Gasteiger partial charge in [-0.2, -0.15) is 0 Å². The number of carbonyl (C=O) groups excluding carboxylic acids is 2. The van der Waals surface area contributed by atoms with E-state index >= 15 is 0 Å². The van der Waals surface area contributed by atoms with Crippen molar-refractivity contribution in [3.05, 3.63) is 0 Å². The van der Waals surface area contributed by atoms with Crippen LogP contribution in [-0.2, 0) is 19.4 Å². The number of ether oxygens (including phenoxy) is 1. The average molecular weight is 622 g/mol. The van der Waals surface area contributed by atoms with Crippen LogP contribution in [-0.4, -0.2) is 18.0 Å². The first kappa shape index (κ1) is 42.9. The third-order valence-electron chi connectivity index (χ3n) is 9.34. The summed E-state index contributed by atoms with van der Waals surface area (Å²) in [6.45, 7) is 4.55. The molecule has 0 bridgehead atoms. The summed E-state index contributed by atoms with van der Waals surface area (Å²) in [6, 6.07) is 0. The van der Waals surface area contributed by atoms with Crippen LogP contribution >= 0.6 is 0 Å². The van der Waals surface area contributed by atoms with Crippen LogP contribution in [0.2, 0.25) is 0 Å². The first-order valence-corrected chi connectivity index (χ1v) is 20.0. The fourth-order valence-electron chi connectivity index (χ4n) is 6.31. The maximum atomic E-state index is 12.2. The minimum Gasteiger partial charge on any atom is -0.450 e. The molecule has 1 atom stereocenters. The van der Waals surface area contributed by atoms with E-state index in [1.54, 1.807) is 0 Å². The fraction of sp³-hybridized carbons (Fsp3) is 0.950. The average Bonchev–Trinajstić information content (AvgIpc) is 3.01. The maximum absolute atomic E-state index is 12.2. The molecule has 0 heterocycles. The minimum absolute atomic E-state index is 0.321.